The standard InChI is InChI=1S/C19H30N2O4S/c1-11(2)8-18(24)21(7)16(12(3)4)9-17(25-14(6)23)19-20-15(10-26-19)13(5)22/h10-12,16-17H,8-9H2,1-7H3. The number of aromatic nitrogens is 1. The molecule has 1 aromatic rings. The molecule has 0 radical (unpaired) electrons. The summed E-state index contributed by atoms with van der Waals surface area (Å²) in [6.07, 6.45) is 0.346. The van der Waals surface area contributed by atoms with Gasteiger partial charge in [-0.1, -0.05) is 27.7 Å². The number of ketones is 1. The van der Waals surface area contributed by atoms with E-state index >= 15 is 0 Å². The number of nitrogens with zero attached hydrogens (tertiary/aromatic N) is 2. The monoisotopic (exact) mass is 382 g/mol. The van der Waals surface area contributed by atoms with Crippen molar-refractivity contribution in [3.8, 4) is 0 Å². The number of carbonyl (C=O) groups excluding carboxylic acids is 3. The fourth-order valence-corrected chi connectivity index (χ4v) is 3.67. The van der Waals surface area contributed by atoms with Crippen molar-refractivity contribution in [1.82, 2.24) is 9.88 Å². The second-order valence-electron chi connectivity index (χ2n) is 7.37. The highest BCUT2D eigenvalue weighted by Crippen LogP contribution is 2.30. The number of amides is 1. The third kappa shape index (κ3) is 6.52. The molecule has 0 aromatic carbocycles. The molecule has 0 saturated carbocycles. The van der Waals surface area contributed by atoms with Crippen LogP contribution in [0, 0.1) is 11.8 Å². The highest BCUT2D eigenvalue weighted by atomic mass is 32.1. The van der Waals surface area contributed by atoms with E-state index < -0.39 is 12.1 Å². The molecule has 0 spiro atoms. The van der Waals surface area contributed by atoms with Crippen LogP contribution in [0.5, 0.6) is 0 Å². The van der Waals surface area contributed by atoms with Crippen molar-refractivity contribution in [2.24, 2.45) is 11.8 Å². The molecular weight excluding hydrogens is 352 g/mol. The van der Waals surface area contributed by atoms with Gasteiger partial charge in [-0.15, -0.1) is 11.3 Å². The molecule has 6 nitrogen and oxygen atoms in total. The number of esters is 1. The summed E-state index contributed by atoms with van der Waals surface area (Å²) in [5.41, 5.74) is 0.368. The maximum absolute atomic E-state index is 12.5. The molecule has 1 amide bonds. The molecule has 0 saturated heterocycles. The zero-order valence-corrected chi connectivity index (χ0v) is 17.6. The van der Waals surface area contributed by atoms with E-state index in [0.717, 1.165) is 0 Å². The lowest BCUT2D eigenvalue weighted by molar-refractivity contribution is -0.148. The molecule has 1 aromatic heterocycles. The van der Waals surface area contributed by atoms with E-state index in [4.69, 9.17) is 4.74 Å². The fourth-order valence-electron chi connectivity index (χ4n) is 2.77. The lowest BCUT2D eigenvalue weighted by atomic mass is 9.95. The Hall–Kier alpha value is -1.76. The number of thiazole rings is 1. The van der Waals surface area contributed by atoms with Crippen LogP contribution in [0.1, 0.15) is 76.0 Å². The van der Waals surface area contributed by atoms with Gasteiger partial charge < -0.3 is 9.64 Å². The summed E-state index contributed by atoms with van der Waals surface area (Å²) in [6.45, 7) is 10.9. The quantitative estimate of drug-likeness (QED) is 0.479. The third-order valence-electron chi connectivity index (χ3n) is 4.17. The molecule has 1 heterocycles. The predicted molar refractivity (Wildman–Crippen MR) is 102 cm³/mol. The molecule has 0 bridgehead atoms. The zero-order chi connectivity index (χ0) is 20.0. The molecule has 7 heteroatoms. The maximum atomic E-state index is 12.5. The largest absolute Gasteiger partial charge is 0.455 e. The SMILES string of the molecule is CC(=O)OC(CC(C(C)C)N(C)C(=O)CC(C)C)c1nc(C(C)=O)cs1. The lowest BCUT2D eigenvalue weighted by Crippen LogP contribution is -2.42. The minimum absolute atomic E-state index is 0.0730. The normalized spacial score (nSPS) is 13.6. The van der Waals surface area contributed by atoms with Gasteiger partial charge in [-0.05, 0) is 11.8 Å². The average Bonchev–Trinajstić information content (AvgIpc) is 2.99. The Balaban J connectivity index is 3.05. The summed E-state index contributed by atoms with van der Waals surface area (Å²) in [6, 6.07) is -0.102. The van der Waals surface area contributed by atoms with Crippen molar-refractivity contribution < 1.29 is 19.1 Å². The van der Waals surface area contributed by atoms with Crippen LogP contribution in [0.25, 0.3) is 0 Å². The molecule has 0 N–H and O–H groups in total. The van der Waals surface area contributed by atoms with Crippen molar-refractivity contribution in [2.75, 3.05) is 7.05 Å². The van der Waals surface area contributed by atoms with Crippen LogP contribution in [0.15, 0.2) is 5.38 Å². The van der Waals surface area contributed by atoms with Gasteiger partial charge in [0.05, 0.1) is 0 Å². The molecule has 2 atom stereocenters. The van der Waals surface area contributed by atoms with E-state index in [1.165, 1.54) is 25.2 Å². The van der Waals surface area contributed by atoms with Crippen molar-refractivity contribution in [1.29, 1.82) is 0 Å². The molecule has 1 rings (SSSR count). The maximum Gasteiger partial charge on any atom is 0.303 e. The first-order valence-electron chi connectivity index (χ1n) is 8.92. The molecule has 146 valence electrons. The van der Waals surface area contributed by atoms with Crippen LogP contribution >= 0.6 is 11.3 Å². The van der Waals surface area contributed by atoms with E-state index in [-0.39, 0.29) is 29.6 Å². The molecular formula is C19H30N2O4S. The summed E-state index contributed by atoms with van der Waals surface area (Å²) >= 11 is 1.30. The van der Waals surface area contributed by atoms with Gasteiger partial charge in [0, 0.05) is 45.2 Å². The van der Waals surface area contributed by atoms with E-state index in [0.29, 0.717) is 23.5 Å². The number of hydrogen-bond donors (Lipinski definition) is 0. The highest BCUT2D eigenvalue weighted by Gasteiger charge is 2.30. The summed E-state index contributed by atoms with van der Waals surface area (Å²) in [5.74, 6) is -0.00341. The Labute approximate surface area is 159 Å². The van der Waals surface area contributed by atoms with E-state index in [2.05, 4.69) is 4.98 Å². The van der Waals surface area contributed by atoms with Crippen LogP contribution in [-0.2, 0) is 14.3 Å². The topological polar surface area (TPSA) is 76.6 Å². The average molecular weight is 383 g/mol. The number of carbonyl (C=O) groups is 3. The lowest BCUT2D eigenvalue weighted by Gasteiger charge is -2.34. The Morgan fingerprint density at radius 3 is 2.23 bits per heavy atom. The Kier molecular flexibility index (Phi) is 8.40. The smallest absolute Gasteiger partial charge is 0.303 e. The molecule has 0 aliphatic carbocycles. The fraction of sp³-hybridized carbons (Fsp3) is 0.684. The third-order valence-corrected chi connectivity index (χ3v) is 5.10. The van der Waals surface area contributed by atoms with Crippen LogP contribution in [0.3, 0.4) is 0 Å². The molecule has 0 aliphatic rings. The molecule has 0 aliphatic heterocycles. The summed E-state index contributed by atoms with van der Waals surface area (Å²) < 4.78 is 5.48. The van der Waals surface area contributed by atoms with Gasteiger partial charge in [0.25, 0.3) is 0 Å². The highest BCUT2D eigenvalue weighted by molar-refractivity contribution is 7.09. The van der Waals surface area contributed by atoms with Gasteiger partial charge in [0.2, 0.25) is 5.91 Å². The Bertz CT molecular complexity index is 639. The first-order chi connectivity index (χ1) is 12.0. The number of rotatable bonds is 9. The van der Waals surface area contributed by atoms with Crippen molar-refractivity contribution in [3.05, 3.63) is 16.1 Å². The number of ether oxygens (including phenoxy) is 1. The van der Waals surface area contributed by atoms with Gasteiger partial charge in [-0.2, -0.15) is 0 Å². The van der Waals surface area contributed by atoms with E-state index in [1.54, 1.807) is 17.3 Å². The van der Waals surface area contributed by atoms with Crippen molar-refractivity contribution >= 4 is 29.0 Å². The first-order valence-corrected chi connectivity index (χ1v) is 9.80. The zero-order valence-electron chi connectivity index (χ0n) is 16.7. The van der Waals surface area contributed by atoms with Crippen LogP contribution in [0.2, 0.25) is 0 Å². The Morgan fingerprint density at radius 2 is 1.81 bits per heavy atom. The molecule has 2 unspecified atom stereocenters. The van der Waals surface area contributed by atoms with Crippen molar-refractivity contribution in [2.45, 2.75) is 66.5 Å². The van der Waals surface area contributed by atoms with Gasteiger partial charge >= 0.3 is 5.97 Å². The van der Waals surface area contributed by atoms with Crippen LogP contribution in [-0.4, -0.2) is 40.6 Å². The second-order valence-corrected chi connectivity index (χ2v) is 8.26. The minimum Gasteiger partial charge on any atom is -0.455 e. The number of Topliss-reactive ketones (excluding diaryl/α,β-unsaturated/α-hetero) is 1. The number of hydrogen-bond acceptors (Lipinski definition) is 6. The van der Waals surface area contributed by atoms with Gasteiger partial charge in [0.1, 0.15) is 10.7 Å². The summed E-state index contributed by atoms with van der Waals surface area (Å²) in [5, 5.41) is 2.26. The van der Waals surface area contributed by atoms with E-state index in [9.17, 15) is 14.4 Å². The minimum atomic E-state index is -0.577. The predicted octanol–water partition coefficient (Wildman–Crippen LogP) is 3.87. The van der Waals surface area contributed by atoms with Gasteiger partial charge in [-0.25, -0.2) is 4.98 Å². The first kappa shape index (κ1) is 22.3. The van der Waals surface area contributed by atoms with Crippen molar-refractivity contribution in [3.63, 3.8) is 0 Å². The second kappa shape index (κ2) is 9.80. The molecule has 0 fully saturated rings. The van der Waals surface area contributed by atoms with E-state index in [1.807, 2.05) is 27.7 Å². The van der Waals surface area contributed by atoms with Gasteiger partial charge in [0.15, 0.2) is 11.9 Å². The Morgan fingerprint density at radius 1 is 1.19 bits per heavy atom. The summed E-state index contributed by atoms with van der Waals surface area (Å²) in [4.78, 5) is 41.7. The molecule has 26 heavy (non-hydrogen) atoms. The van der Waals surface area contributed by atoms with Gasteiger partial charge in [-0.3, -0.25) is 14.4 Å². The van der Waals surface area contributed by atoms with Crippen LogP contribution in [0.4, 0.5) is 0 Å². The van der Waals surface area contributed by atoms with Crippen LogP contribution < -0.4 is 0 Å². The summed E-state index contributed by atoms with van der Waals surface area (Å²) in [7, 11) is 1.79.